The van der Waals surface area contributed by atoms with E-state index >= 15 is 0 Å². The van der Waals surface area contributed by atoms with Gasteiger partial charge >= 0.3 is 0 Å². The number of nitrogens with zero attached hydrogens (tertiary/aromatic N) is 3. The van der Waals surface area contributed by atoms with Gasteiger partial charge in [-0.3, -0.25) is 14.4 Å². The predicted molar refractivity (Wildman–Crippen MR) is 97.3 cm³/mol. The van der Waals surface area contributed by atoms with Crippen molar-refractivity contribution >= 4 is 17.2 Å². The highest BCUT2D eigenvalue weighted by Crippen LogP contribution is 2.19. The molecule has 2 aromatic heterocycles. The van der Waals surface area contributed by atoms with Crippen LogP contribution in [-0.4, -0.2) is 46.3 Å². The van der Waals surface area contributed by atoms with E-state index in [1.807, 2.05) is 6.92 Å². The van der Waals surface area contributed by atoms with Gasteiger partial charge in [-0.25, -0.2) is 0 Å². The van der Waals surface area contributed by atoms with Crippen LogP contribution in [0.5, 0.6) is 0 Å². The van der Waals surface area contributed by atoms with Crippen LogP contribution in [0.2, 0.25) is 0 Å². The molecule has 0 spiro atoms. The summed E-state index contributed by atoms with van der Waals surface area (Å²) in [7, 11) is 0. The van der Waals surface area contributed by atoms with Crippen molar-refractivity contribution in [3.8, 4) is 0 Å². The van der Waals surface area contributed by atoms with Crippen molar-refractivity contribution in [2.75, 3.05) is 19.6 Å². The smallest absolute Gasteiger partial charge is 0.234 e. The lowest BCUT2D eigenvalue weighted by atomic mass is 10.2. The average Bonchev–Trinajstić information content (AvgIpc) is 3.24. The van der Waals surface area contributed by atoms with Crippen LogP contribution in [-0.2, 0) is 17.8 Å². The van der Waals surface area contributed by atoms with Crippen molar-refractivity contribution in [3.05, 3.63) is 39.8 Å². The summed E-state index contributed by atoms with van der Waals surface area (Å²) in [6, 6.07) is 4.63. The van der Waals surface area contributed by atoms with E-state index in [1.165, 1.54) is 11.3 Å². The number of carbonyl (C=O) groups is 1. The topological polar surface area (TPSA) is 50.2 Å². The molecule has 2 aromatic rings. The molecular formula is C18H26N4OS. The number of rotatable bonds is 7. The van der Waals surface area contributed by atoms with E-state index in [0.29, 0.717) is 19.1 Å². The Hall–Kier alpha value is -1.66. The van der Waals surface area contributed by atoms with Crippen LogP contribution in [0.1, 0.15) is 29.8 Å². The van der Waals surface area contributed by atoms with Crippen LogP contribution in [0.3, 0.4) is 0 Å². The lowest BCUT2D eigenvalue weighted by Crippen LogP contribution is -2.42. The van der Waals surface area contributed by atoms with Gasteiger partial charge in [0.05, 0.1) is 18.8 Å². The number of aryl methyl sites for hydroxylation is 2. The Morgan fingerprint density at radius 1 is 1.46 bits per heavy atom. The van der Waals surface area contributed by atoms with E-state index in [2.05, 4.69) is 49.8 Å². The number of thiophene rings is 1. The summed E-state index contributed by atoms with van der Waals surface area (Å²) in [4.78, 5) is 14.5. The number of aromatic nitrogens is 2. The lowest BCUT2D eigenvalue weighted by Gasteiger charge is -2.24. The summed E-state index contributed by atoms with van der Waals surface area (Å²) in [5.41, 5.74) is 3.55. The van der Waals surface area contributed by atoms with Crippen molar-refractivity contribution in [3.63, 3.8) is 0 Å². The molecule has 0 saturated carbocycles. The highest BCUT2D eigenvalue weighted by molar-refractivity contribution is 7.07. The van der Waals surface area contributed by atoms with Crippen molar-refractivity contribution in [1.29, 1.82) is 0 Å². The maximum atomic E-state index is 12.2. The molecule has 1 fully saturated rings. The zero-order chi connectivity index (χ0) is 16.9. The Labute approximate surface area is 147 Å². The van der Waals surface area contributed by atoms with Gasteiger partial charge in [0.15, 0.2) is 0 Å². The lowest BCUT2D eigenvalue weighted by molar-refractivity contribution is -0.122. The Bertz CT molecular complexity index is 665. The molecule has 1 aliphatic heterocycles. The fourth-order valence-corrected chi connectivity index (χ4v) is 4.09. The van der Waals surface area contributed by atoms with Gasteiger partial charge < -0.3 is 5.32 Å². The molecule has 5 nitrogen and oxygen atoms in total. The molecule has 1 N–H and O–H groups in total. The monoisotopic (exact) mass is 346 g/mol. The second-order valence-corrected chi connectivity index (χ2v) is 7.39. The van der Waals surface area contributed by atoms with Crippen molar-refractivity contribution in [2.24, 2.45) is 0 Å². The molecule has 1 aliphatic rings. The number of amides is 1. The number of hydrogen-bond donors (Lipinski definition) is 1. The largest absolute Gasteiger partial charge is 0.355 e. The summed E-state index contributed by atoms with van der Waals surface area (Å²) in [5, 5.41) is 11.8. The number of nitrogens with one attached hydrogen (secondary N) is 1. The van der Waals surface area contributed by atoms with Crippen LogP contribution in [0.15, 0.2) is 22.9 Å². The summed E-state index contributed by atoms with van der Waals surface area (Å²) in [6.07, 6.45) is 3.21. The molecule has 1 saturated heterocycles. The molecule has 0 aliphatic carbocycles. The standard InChI is InChI=1S/C18H26N4OS/c1-14-10-15(2)22(20-14)11-17-4-3-8-21(17)12-18(23)19-7-5-16-6-9-24-13-16/h6,9-10,13,17H,3-5,7-8,11-12H2,1-2H3,(H,19,23). The highest BCUT2D eigenvalue weighted by Gasteiger charge is 2.27. The quantitative estimate of drug-likeness (QED) is 0.837. The fraction of sp³-hybridized carbons (Fsp3) is 0.556. The molecule has 24 heavy (non-hydrogen) atoms. The molecular weight excluding hydrogens is 320 g/mol. The van der Waals surface area contributed by atoms with Crippen LogP contribution in [0.25, 0.3) is 0 Å². The Morgan fingerprint density at radius 3 is 3.04 bits per heavy atom. The molecule has 1 amide bonds. The maximum Gasteiger partial charge on any atom is 0.234 e. The highest BCUT2D eigenvalue weighted by atomic mass is 32.1. The minimum Gasteiger partial charge on any atom is -0.355 e. The minimum atomic E-state index is 0.130. The number of carbonyl (C=O) groups excluding carboxylic acids is 1. The molecule has 0 bridgehead atoms. The average molecular weight is 346 g/mol. The first-order valence-electron chi connectivity index (χ1n) is 8.64. The molecule has 3 rings (SSSR count). The van der Waals surface area contributed by atoms with Gasteiger partial charge in [-0.05, 0) is 68.1 Å². The van der Waals surface area contributed by atoms with Crippen LogP contribution in [0.4, 0.5) is 0 Å². The van der Waals surface area contributed by atoms with Gasteiger partial charge in [0, 0.05) is 18.3 Å². The van der Waals surface area contributed by atoms with Gasteiger partial charge in [-0.1, -0.05) is 0 Å². The van der Waals surface area contributed by atoms with Crippen molar-refractivity contribution in [1.82, 2.24) is 20.0 Å². The number of hydrogen-bond acceptors (Lipinski definition) is 4. The molecule has 0 radical (unpaired) electrons. The van der Waals surface area contributed by atoms with Crippen molar-refractivity contribution in [2.45, 2.75) is 45.7 Å². The first-order chi connectivity index (χ1) is 11.6. The maximum absolute atomic E-state index is 12.2. The zero-order valence-corrected chi connectivity index (χ0v) is 15.3. The van der Waals surface area contributed by atoms with Crippen LogP contribution >= 0.6 is 11.3 Å². The van der Waals surface area contributed by atoms with E-state index in [1.54, 1.807) is 11.3 Å². The van der Waals surface area contributed by atoms with Gasteiger partial charge in [-0.15, -0.1) is 0 Å². The summed E-state index contributed by atoms with van der Waals surface area (Å²) in [6.45, 7) is 7.20. The van der Waals surface area contributed by atoms with E-state index in [-0.39, 0.29) is 5.91 Å². The second kappa shape index (κ2) is 7.94. The summed E-state index contributed by atoms with van der Waals surface area (Å²) < 4.78 is 2.08. The van der Waals surface area contributed by atoms with E-state index in [9.17, 15) is 4.79 Å². The van der Waals surface area contributed by atoms with E-state index in [4.69, 9.17) is 0 Å². The third kappa shape index (κ3) is 4.45. The molecule has 130 valence electrons. The Morgan fingerprint density at radius 2 is 2.33 bits per heavy atom. The predicted octanol–water partition coefficient (Wildman–Crippen LogP) is 2.38. The SMILES string of the molecule is Cc1cc(C)n(CC2CCCN2CC(=O)NCCc2ccsc2)n1. The van der Waals surface area contributed by atoms with Gasteiger partial charge in [0.25, 0.3) is 0 Å². The molecule has 3 heterocycles. The van der Waals surface area contributed by atoms with Gasteiger partial charge in [0.2, 0.25) is 5.91 Å². The normalized spacial score (nSPS) is 18.2. The number of likely N-dealkylation sites (tertiary alicyclic amines) is 1. The Kier molecular flexibility index (Phi) is 5.68. The second-order valence-electron chi connectivity index (χ2n) is 6.61. The third-order valence-corrected chi connectivity index (χ3v) is 5.38. The van der Waals surface area contributed by atoms with Gasteiger partial charge in [-0.2, -0.15) is 16.4 Å². The molecule has 1 atom stereocenters. The molecule has 6 heteroatoms. The van der Waals surface area contributed by atoms with Crippen molar-refractivity contribution < 1.29 is 4.79 Å². The first-order valence-corrected chi connectivity index (χ1v) is 9.59. The third-order valence-electron chi connectivity index (χ3n) is 4.65. The van der Waals surface area contributed by atoms with Crippen LogP contribution < -0.4 is 5.32 Å². The van der Waals surface area contributed by atoms with E-state index in [0.717, 1.165) is 38.0 Å². The minimum absolute atomic E-state index is 0.130. The molecule has 0 aromatic carbocycles. The zero-order valence-electron chi connectivity index (χ0n) is 14.5. The fourth-order valence-electron chi connectivity index (χ4n) is 3.39. The summed E-state index contributed by atoms with van der Waals surface area (Å²) >= 11 is 1.70. The Balaban J connectivity index is 1.46. The van der Waals surface area contributed by atoms with Gasteiger partial charge in [0.1, 0.15) is 0 Å². The van der Waals surface area contributed by atoms with E-state index < -0.39 is 0 Å². The first kappa shape index (κ1) is 17.2. The summed E-state index contributed by atoms with van der Waals surface area (Å²) in [5.74, 6) is 0.130. The van der Waals surface area contributed by atoms with Crippen LogP contribution in [0, 0.1) is 13.8 Å². The molecule has 1 unspecified atom stereocenters.